The average molecular weight is 372 g/mol. The van der Waals surface area contributed by atoms with Crippen LogP contribution in [0.2, 0.25) is 0 Å². The lowest BCUT2D eigenvalue weighted by atomic mass is 9.77. The summed E-state index contributed by atoms with van der Waals surface area (Å²) < 4.78 is 6.18. The molecule has 1 N–H and O–H groups in total. The van der Waals surface area contributed by atoms with E-state index in [-0.39, 0.29) is 11.7 Å². The van der Waals surface area contributed by atoms with E-state index in [2.05, 4.69) is 17.1 Å². The molecule has 1 aliphatic heterocycles. The summed E-state index contributed by atoms with van der Waals surface area (Å²) in [4.78, 5) is 15.2. The lowest BCUT2D eigenvalue weighted by Gasteiger charge is -2.32. The predicted octanol–water partition coefficient (Wildman–Crippen LogP) is 4.66. The van der Waals surface area contributed by atoms with Crippen LogP contribution in [0.15, 0.2) is 53.3 Å². The molecule has 0 spiro atoms. The second-order valence-electron chi connectivity index (χ2n) is 7.81. The Hall–Kier alpha value is -3.06. The number of fused-ring (bicyclic) bond motifs is 2. The van der Waals surface area contributed by atoms with E-state index in [1.807, 2.05) is 56.3 Å². The van der Waals surface area contributed by atoms with Crippen LogP contribution in [0, 0.1) is 11.3 Å². The van der Waals surface area contributed by atoms with Crippen LogP contribution in [0.5, 0.6) is 5.75 Å². The maximum absolute atomic E-state index is 12.2. The van der Waals surface area contributed by atoms with Gasteiger partial charge in [-0.1, -0.05) is 37.3 Å². The normalized spacial score (nSPS) is 18.0. The SMILES string of the molecule is CCc1cc2ccc(C(C)(C#N)CC3CCc4ccccc4O3)cc2[nH]c1=O. The molecule has 4 nitrogen and oxygen atoms in total. The number of rotatable bonds is 4. The molecule has 2 aromatic carbocycles. The number of aryl methyl sites for hydroxylation is 2. The fourth-order valence-corrected chi connectivity index (χ4v) is 4.06. The van der Waals surface area contributed by atoms with E-state index >= 15 is 0 Å². The maximum Gasteiger partial charge on any atom is 0.251 e. The Kier molecular flexibility index (Phi) is 4.68. The van der Waals surface area contributed by atoms with E-state index in [9.17, 15) is 10.1 Å². The van der Waals surface area contributed by atoms with Gasteiger partial charge < -0.3 is 9.72 Å². The third-order valence-corrected chi connectivity index (χ3v) is 5.83. The van der Waals surface area contributed by atoms with Crippen LogP contribution < -0.4 is 10.3 Å². The molecule has 142 valence electrons. The molecule has 3 aromatic rings. The van der Waals surface area contributed by atoms with Crippen LogP contribution in [0.4, 0.5) is 0 Å². The fraction of sp³-hybridized carbons (Fsp3) is 0.333. The van der Waals surface area contributed by atoms with Gasteiger partial charge in [-0.25, -0.2) is 0 Å². The Bertz CT molecular complexity index is 1130. The lowest BCUT2D eigenvalue weighted by Crippen LogP contribution is -2.32. The van der Waals surface area contributed by atoms with Crippen LogP contribution in [-0.4, -0.2) is 11.1 Å². The summed E-state index contributed by atoms with van der Waals surface area (Å²) in [6.07, 6.45) is 3.17. The van der Waals surface area contributed by atoms with E-state index in [1.165, 1.54) is 5.56 Å². The maximum atomic E-state index is 12.2. The first-order valence-corrected chi connectivity index (χ1v) is 9.84. The number of nitriles is 1. The second-order valence-corrected chi connectivity index (χ2v) is 7.81. The first-order valence-electron chi connectivity index (χ1n) is 9.84. The molecule has 0 amide bonds. The zero-order valence-corrected chi connectivity index (χ0v) is 16.3. The van der Waals surface area contributed by atoms with Gasteiger partial charge in [-0.2, -0.15) is 5.26 Å². The van der Waals surface area contributed by atoms with E-state index in [1.54, 1.807) is 0 Å². The van der Waals surface area contributed by atoms with Crippen molar-refractivity contribution in [1.82, 2.24) is 4.98 Å². The summed E-state index contributed by atoms with van der Waals surface area (Å²) in [5, 5.41) is 11.0. The largest absolute Gasteiger partial charge is 0.490 e. The molecule has 0 bridgehead atoms. The van der Waals surface area contributed by atoms with Gasteiger partial charge >= 0.3 is 0 Å². The predicted molar refractivity (Wildman–Crippen MR) is 111 cm³/mol. The number of hydrogen-bond acceptors (Lipinski definition) is 3. The van der Waals surface area contributed by atoms with Crippen molar-refractivity contribution in [3.8, 4) is 11.8 Å². The number of nitrogens with zero attached hydrogens (tertiary/aromatic N) is 1. The molecule has 1 aromatic heterocycles. The average Bonchev–Trinajstić information content (AvgIpc) is 2.72. The first kappa shape index (κ1) is 18.3. The Morgan fingerprint density at radius 2 is 2.07 bits per heavy atom. The van der Waals surface area contributed by atoms with Crippen molar-refractivity contribution in [2.45, 2.75) is 51.0 Å². The monoisotopic (exact) mass is 372 g/mol. The quantitative estimate of drug-likeness (QED) is 0.724. The summed E-state index contributed by atoms with van der Waals surface area (Å²) in [6.45, 7) is 3.93. The number of benzene rings is 2. The number of ether oxygens (including phenoxy) is 1. The van der Waals surface area contributed by atoms with Crippen LogP contribution in [0.25, 0.3) is 10.9 Å². The Labute approximate surface area is 164 Å². The van der Waals surface area contributed by atoms with E-state index in [0.29, 0.717) is 12.8 Å². The highest BCUT2D eigenvalue weighted by molar-refractivity contribution is 5.80. The van der Waals surface area contributed by atoms with Crippen LogP contribution in [0.1, 0.15) is 43.4 Å². The highest BCUT2D eigenvalue weighted by Gasteiger charge is 2.33. The van der Waals surface area contributed by atoms with Crippen molar-refractivity contribution in [3.05, 3.63) is 75.6 Å². The zero-order valence-electron chi connectivity index (χ0n) is 16.3. The Morgan fingerprint density at radius 1 is 1.25 bits per heavy atom. The van der Waals surface area contributed by atoms with Crippen molar-refractivity contribution in [3.63, 3.8) is 0 Å². The van der Waals surface area contributed by atoms with Gasteiger partial charge in [0, 0.05) is 17.5 Å². The van der Waals surface area contributed by atoms with Gasteiger partial charge in [-0.3, -0.25) is 4.79 Å². The smallest absolute Gasteiger partial charge is 0.251 e. The van der Waals surface area contributed by atoms with Gasteiger partial charge in [-0.15, -0.1) is 0 Å². The second kappa shape index (κ2) is 7.16. The molecule has 4 heteroatoms. The van der Waals surface area contributed by atoms with E-state index < -0.39 is 5.41 Å². The van der Waals surface area contributed by atoms with E-state index in [4.69, 9.17) is 4.74 Å². The van der Waals surface area contributed by atoms with Crippen molar-refractivity contribution < 1.29 is 4.74 Å². The van der Waals surface area contributed by atoms with Crippen LogP contribution in [0.3, 0.4) is 0 Å². The van der Waals surface area contributed by atoms with Gasteiger partial charge in [0.2, 0.25) is 0 Å². The molecule has 2 atom stereocenters. The summed E-state index contributed by atoms with van der Waals surface area (Å²) in [7, 11) is 0. The number of aromatic amines is 1. The molecule has 0 radical (unpaired) electrons. The standard InChI is InChI=1S/C24H24N2O2/c1-3-16-12-18-8-10-19(13-21(18)26-23(16)27)24(2,15-25)14-20-11-9-17-6-4-5-7-22(17)28-20/h4-8,10,12-13,20H,3,9,11,14H2,1-2H3,(H,26,27). The van der Waals surface area contributed by atoms with Gasteiger partial charge in [0.05, 0.1) is 11.5 Å². The minimum Gasteiger partial charge on any atom is -0.490 e. The third kappa shape index (κ3) is 3.29. The highest BCUT2D eigenvalue weighted by Crippen LogP contribution is 2.35. The number of para-hydroxylation sites is 1. The molecule has 0 fully saturated rings. The molecule has 0 saturated carbocycles. The number of pyridine rings is 1. The summed E-state index contributed by atoms with van der Waals surface area (Å²) >= 11 is 0. The fourth-order valence-electron chi connectivity index (χ4n) is 4.06. The van der Waals surface area contributed by atoms with Crippen molar-refractivity contribution in [1.29, 1.82) is 5.26 Å². The summed E-state index contributed by atoms with van der Waals surface area (Å²) in [5.41, 5.74) is 2.94. The third-order valence-electron chi connectivity index (χ3n) is 5.83. The lowest BCUT2D eigenvalue weighted by molar-refractivity contribution is 0.146. The molecule has 0 saturated heterocycles. The summed E-state index contributed by atoms with van der Waals surface area (Å²) in [5.74, 6) is 0.925. The molecule has 4 rings (SSSR count). The zero-order chi connectivity index (χ0) is 19.7. The molecule has 1 aliphatic rings. The van der Waals surface area contributed by atoms with Crippen LogP contribution >= 0.6 is 0 Å². The molecular weight excluding hydrogens is 348 g/mol. The Balaban J connectivity index is 1.64. The molecule has 0 aliphatic carbocycles. The molecule has 2 heterocycles. The topological polar surface area (TPSA) is 65.9 Å². The molecule has 2 unspecified atom stereocenters. The highest BCUT2D eigenvalue weighted by atomic mass is 16.5. The van der Waals surface area contributed by atoms with Gasteiger partial charge in [0.1, 0.15) is 11.9 Å². The number of H-pyrrole nitrogens is 1. The van der Waals surface area contributed by atoms with Gasteiger partial charge in [-0.05, 0) is 60.9 Å². The van der Waals surface area contributed by atoms with Crippen molar-refractivity contribution in [2.75, 3.05) is 0 Å². The first-order chi connectivity index (χ1) is 13.5. The minimum absolute atomic E-state index is 0.00300. The number of aromatic nitrogens is 1. The molecule has 28 heavy (non-hydrogen) atoms. The number of nitrogens with one attached hydrogen (secondary N) is 1. The van der Waals surface area contributed by atoms with Gasteiger partial charge in [0.15, 0.2) is 0 Å². The summed E-state index contributed by atoms with van der Waals surface area (Å²) in [6, 6.07) is 18.5. The minimum atomic E-state index is -0.689. The van der Waals surface area contributed by atoms with Crippen molar-refractivity contribution in [2.24, 2.45) is 0 Å². The van der Waals surface area contributed by atoms with Crippen molar-refractivity contribution >= 4 is 10.9 Å². The number of hydrogen-bond donors (Lipinski definition) is 1. The molecular formula is C24H24N2O2. The van der Waals surface area contributed by atoms with E-state index in [0.717, 1.165) is 40.6 Å². The van der Waals surface area contributed by atoms with Crippen LogP contribution in [-0.2, 0) is 18.3 Å². The Morgan fingerprint density at radius 3 is 2.86 bits per heavy atom. The van der Waals surface area contributed by atoms with Gasteiger partial charge in [0.25, 0.3) is 5.56 Å².